The molecule has 0 saturated heterocycles. The molecule has 1 unspecified atom stereocenters. The predicted octanol–water partition coefficient (Wildman–Crippen LogP) is 4.01. The zero-order chi connectivity index (χ0) is 11.4. The highest BCUT2D eigenvalue weighted by Gasteiger charge is 2.13. The molecule has 1 aromatic carbocycles. The molecule has 0 aromatic heterocycles. The second kappa shape index (κ2) is 5.66. The predicted molar refractivity (Wildman–Crippen MR) is 67.7 cm³/mol. The first-order valence-electron chi connectivity index (χ1n) is 4.92. The number of carbonyl (C=O) groups excluding carboxylic acids is 1. The fourth-order valence-corrected chi connectivity index (χ4v) is 2.04. The van der Waals surface area contributed by atoms with Gasteiger partial charge in [0.05, 0.1) is 4.83 Å². The molecule has 0 amide bonds. The molecule has 1 aromatic rings. The number of Topliss-reactive ketones (excluding diaryl/α,β-unsaturated/α-hetero) is 1. The van der Waals surface area contributed by atoms with Crippen molar-refractivity contribution in [3.63, 3.8) is 0 Å². The summed E-state index contributed by atoms with van der Waals surface area (Å²) in [6, 6.07) is 6.03. The van der Waals surface area contributed by atoms with Crippen LogP contribution in [0.15, 0.2) is 18.2 Å². The summed E-state index contributed by atoms with van der Waals surface area (Å²) in [7, 11) is 0. The van der Waals surface area contributed by atoms with E-state index < -0.39 is 0 Å². The zero-order valence-corrected chi connectivity index (χ0v) is 11.2. The van der Waals surface area contributed by atoms with E-state index in [0.717, 1.165) is 17.5 Å². The summed E-state index contributed by atoms with van der Waals surface area (Å²) in [6.07, 6.45) is 0.968. The number of benzene rings is 1. The molecule has 3 heteroatoms. The first kappa shape index (κ1) is 12.7. The van der Waals surface area contributed by atoms with Crippen molar-refractivity contribution in [2.24, 2.45) is 0 Å². The maximum absolute atomic E-state index is 11.2. The normalized spacial score (nSPS) is 12.5. The monoisotopic (exact) mass is 288 g/mol. The van der Waals surface area contributed by atoms with Gasteiger partial charge >= 0.3 is 0 Å². The molecule has 0 spiro atoms. The van der Waals surface area contributed by atoms with Gasteiger partial charge in [0.2, 0.25) is 0 Å². The molecule has 0 fully saturated rings. The summed E-state index contributed by atoms with van der Waals surface area (Å²) in [5, 5.41) is 0. The van der Waals surface area contributed by atoms with E-state index in [1.807, 2.05) is 18.2 Å². The molecule has 0 saturated carbocycles. The highest BCUT2D eigenvalue weighted by atomic mass is 79.9. The average Bonchev–Trinajstić information content (AvgIpc) is 2.26. The van der Waals surface area contributed by atoms with Crippen LogP contribution in [0.25, 0.3) is 0 Å². The van der Waals surface area contributed by atoms with Crippen molar-refractivity contribution >= 4 is 33.3 Å². The number of alkyl halides is 2. The minimum atomic E-state index is -0.217. The van der Waals surface area contributed by atoms with Crippen LogP contribution in [-0.4, -0.2) is 5.78 Å². The highest BCUT2D eigenvalue weighted by Crippen LogP contribution is 2.26. The van der Waals surface area contributed by atoms with Crippen LogP contribution < -0.4 is 0 Å². The van der Waals surface area contributed by atoms with Crippen LogP contribution in [-0.2, 0) is 17.1 Å². The molecule has 15 heavy (non-hydrogen) atoms. The Labute approximate surface area is 104 Å². The van der Waals surface area contributed by atoms with Gasteiger partial charge in [0.15, 0.2) is 0 Å². The second-order valence-electron chi connectivity index (χ2n) is 3.49. The summed E-state index contributed by atoms with van der Waals surface area (Å²) in [6.45, 7) is 3.68. The Kier molecular flexibility index (Phi) is 4.81. The van der Waals surface area contributed by atoms with Crippen molar-refractivity contribution in [3.8, 4) is 0 Å². The van der Waals surface area contributed by atoms with Crippen LogP contribution in [0, 0.1) is 0 Å². The molecule has 0 radical (unpaired) electrons. The van der Waals surface area contributed by atoms with Crippen molar-refractivity contribution < 1.29 is 4.79 Å². The Morgan fingerprint density at radius 1 is 1.47 bits per heavy atom. The van der Waals surface area contributed by atoms with E-state index in [9.17, 15) is 4.79 Å². The van der Waals surface area contributed by atoms with Gasteiger partial charge in [-0.2, -0.15) is 0 Å². The summed E-state index contributed by atoms with van der Waals surface area (Å²) in [4.78, 5) is 11.0. The SMILES string of the molecule is CCc1ccc(C(Br)C(C)=O)cc1CCl. The topological polar surface area (TPSA) is 17.1 Å². The number of hydrogen-bond acceptors (Lipinski definition) is 1. The maximum atomic E-state index is 11.2. The Bertz CT molecular complexity index is 363. The van der Waals surface area contributed by atoms with Crippen LogP contribution in [0.5, 0.6) is 0 Å². The highest BCUT2D eigenvalue weighted by molar-refractivity contribution is 9.09. The molecule has 1 rings (SSSR count). The van der Waals surface area contributed by atoms with E-state index in [1.54, 1.807) is 6.92 Å². The average molecular weight is 290 g/mol. The first-order chi connectivity index (χ1) is 7.10. The van der Waals surface area contributed by atoms with Gasteiger partial charge in [-0.25, -0.2) is 0 Å². The van der Waals surface area contributed by atoms with Gasteiger partial charge in [-0.05, 0) is 30.0 Å². The summed E-state index contributed by atoms with van der Waals surface area (Å²) in [5.41, 5.74) is 3.34. The summed E-state index contributed by atoms with van der Waals surface area (Å²) in [5.74, 6) is 0.606. The van der Waals surface area contributed by atoms with Gasteiger partial charge in [-0.1, -0.05) is 41.1 Å². The lowest BCUT2D eigenvalue weighted by Gasteiger charge is -2.11. The molecule has 0 heterocycles. The fraction of sp³-hybridized carbons (Fsp3) is 0.417. The summed E-state index contributed by atoms with van der Waals surface area (Å²) >= 11 is 9.23. The largest absolute Gasteiger partial charge is 0.298 e. The van der Waals surface area contributed by atoms with Crippen molar-refractivity contribution in [2.45, 2.75) is 31.0 Å². The molecule has 0 N–H and O–H groups in total. The van der Waals surface area contributed by atoms with Gasteiger partial charge in [0.1, 0.15) is 5.78 Å². The lowest BCUT2D eigenvalue weighted by molar-refractivity contribution is -0.116. The third-order valence-electron chi connectivity index (χ3n) is 2.40. The Morgan fingerprint density at radius 3 is 2.60 bits per heavy atom. The number of carbonyl (C=O) groups is 1. The minimum absolute atomic E-state index is 0.111. The molecule has 0 aliphatic carbocycles. The van der Waals surface area contributed by atoms with Crippen LogP contribution >= 0.6 is 27.5 Å². The zero-order valence-electron chi connectivity index (χ0n) is 8.89. The van der Waals surface area contributed by atoms with Crippen LogP contribution in [0.1, 0.15) is 35.4 Å². The standard InChI is InChI=1S/C12H14BrClO/c1-3-9-4-5-10(6-11(9)7-14)12(13)8(2)15/h4-6,12H,3,7H2,1-2H3. The van der Waals surface area contributed by atoms with E-state index in [4.69, 9.17) is 11.6 Å². The molecule has 82 valence electrons. The van der Waals surface area contributed by atoms with Gasteiger partial charge in [0.25, 0.3) is 0 Å². The van der Waals surface area contributed by atoms with Crippen molar-refractivity contribution in [3.05, 3.63) is 34.9 Å². The lowest BCUT2D eigenvalue weighted by Crippen LogP contribution is -2.02. The van der Waals surface area contributed by atoms with Gasteiger partial charge < -0.3 is 0 Å². The fourth-order valence-electron chi connectivity index (χ4n) is 1.51. The van der Waals surface area contributed by atoms with E-state index in [1.165, 1.54) is 5.56 Å². The Balaban J connectivity index is 3.07. The second-order valence-corrected chi connectivity index (χ2v) is 4.67. The van der Waals surface area contributed by atoms with Gasteiger partial charge in [0, 0.05) is 5.88 Å². The van der Waals surface area contributed by atoms with Crippen LogP contribution in [0.4, 0.5) is 0 Å². The van der Waals surface area contributed by atoms with Crippen molar-refractivity contribution in [1.82, 2.24) is 0 Å². The minimum Gasteiger partial charge on any atom is -0.298 e. The molecular weight excluding hydrogens is 275 g/mol. The number of ketones is 1. The quantitative estimate of drug-likeness (QED) is 0.765. The molecule has 0 aliphatic heterocycles. The number of halogens is 2. The van der Waals surface area contributed by atoms with Crippen LogP contribution in [0.3, 0.4) is 0 Å². The Morgan fingerprint density at radius 2 is 2.13 bits per heavy atom. The van der Waals surface area contributed by atoms with E-state index in [2.05, 4.69) is 22.9 Å². The number of rotatable bonds is 4. The van der Waals surface area contributed by atoms with Crippen molar-refractivity contribution in [1.29, 1.82) is 0 Å². The first-order valence-corrected chi connectivity index (χ1v) is 6.37. The lowest BCUT2D eigenvalue weighted by atomic mass is 10.0. The van der Waals surface area contributed by atoms with E-state index in [-0.39, 0.29) is 10.6 Å². The smallest absolute Gasteiger partial charge is 0.147 e. The van der Waals surface area contributed by atoms with Crippen molar-refractivity contribution in [2.75, 3.05) is 0 Å². The third kappa shape index (κ3) is 3.05. The van der Waals surface area contributed by atoms with Gasteiger partial charge in [-0.15, -0.1) is 11.6 Å². The molecule has 1 nitrogen and oxygen atoms in total. The number of hydrogen-bond donors (Lipinski definition) is 0. The van der Waals surface area contributed by atoms with E-state index >= 15 is 0 Å². The molecule has 1 atom stereocenters. The van der Waals surface area contributed by atoms with Crippen LogP contribution in [0.2, 0.25) is 0 Å². The van der Waals surface area contributed by atoms with E-state index in [0.29, 0.717) is 5.88 Å². The van der Waals surface area contributed by atoms with Gasteiger partial charge in [-0.3, -0.25) is 4.79 Å². The molecule has 0 aliphatic rings. The molecular formula is C12H14BrClO. The summed E-state index contributed by atoms with van der Waals surface area (Å²) < 4.78 is 0. The maximum Gasteiger partial charge on any atom is 0.147 e. The number of aryl methyl sites for hydroxylation is 1. The third-order valence-corrected chi connectivity index (χ3v) is 3.87. The Hall–Kier alpha value is -0.340. The molecule has 0 bridgehead atoms.